The molecule has 2 saturated heterocycles. The lowest BCUT2D eigenvalue weighted by Gasteiger charge is -2.59. The van der Waals surface area contributed by atoms with Gasteiger partial charge in [-0.1, -0.05) is 37.6 Å². The topological polar surface area (TPSA) is 61.9 Å². The molecule has 1 N–H and O–H groups in total. The van der Waals surface area contributed by atoms with Crippen molar-refractivity contribution in [3.8, 4) is 0 Å². The zero-order valence-corrected chi connectivity index (χ0v) is 17.8. The Hall–Kier alpha value is -1.79. The van der Waals surface area contributed by atoms with Crippen molar-refractivity contribution in [3.63, 3.8) is 0 Å². The van der Waals surface area contributed by atoms with Crippen LogP contribution in [0.1, 0.15) is 38.3 Å². The van der Waals surface area contributed by atoms with Gasteiger partial charge in [-0.15, -0.1) is 0 Å². The van der Waals surface area contributed by atoms with Crippen LogP contribution >= 0.6 is 11.6 Å². The number of carbonyl (C=O) groups excluding carboxylic acids is 2. The number of ether oxygens (including phenoxy) is 1. The maximum Gasteiger partial charge on any atom is 0.328 e. The second-order valence-electron chi connectivity index (χ2n) is 8.41. The summed E-state index contributed by atoms with van der Waals surface area (Å²) in [7, 11) is 3.49. The number of halogens is 1. The minimum Gasteiger partial charge on any atom is -0.467 e. The van der Waals surface area contributed by atoms with Gasteiger partial charge in [-0.05, 0) is 43.5 Å². The predicted molar refractivity (Wildman–Crippen MR) is 109 cm³/mol. The third-order valence-corrected chi connectivity index (χ3v) is 6.47. The van der Waals surface area contributed by atoms with Crippen LogP contribution in [0.25, 0.3) is 0 Å². The van der Waals surface area contributed by atoms with Gasteiger partial charge in [-0.2, -0.15) is 0 Å². The van der Waals surface area contributed by atoms with Crippen LogP contribution < -0.4 is 5.32 Å². The number of rotatable bonds is 4. The summed E-state index contributed by atoms with van der Waals surface area (Å²) in [6.45, 7) is 6.21. The molecule has 0 radical (unpaired) electrons. The fraction of sp³-hybridized carbons (Fsp3) is 0.619. The maximum atomic E-state index is 12.7. The lowest BCUT2D eigenvalue weighted by Crippen LogP contribution is -2.62. The average molecular weight is 408 g/mol. The van der Waals surface area contributed by atoms with Gasteiger partial charge in [0, 0.05) is 36.1 Å². The molecule has 3 rings (SSSR count). The van der Waals surface area contributed by atoms with Crippen LogP contribution in [0, 0.1) is 11.3 Å². The molecule has 0 saturated carbocycles. The van der Waals surface area contributed by atoms with Gasteiger partial charge in [0.15, 0.2) is 0 Å². The highest BCUT2D eigenvalue weighted by Crippen LogP contribution is 2.54. The van der Waals surface area contributed by atoms with Gasteiger partial charge >= 0.3 is 12.0 Å². The Balaban J connectivity index is 1.62. The molecule has 28 heavy (non-hydrogen) atoms. The number of piperidine rings is 1. The van der Waals surface area contributed by atoms with Crippen LogP contribution in [0.15, 0.2) is 24.3 Å². The van der Waals surface area contributed by atoms with Gasteiger partial charge in [0.05, 0.1) is 7.11 Å². The molecule has 1 aromatic rings. The number of amides is 2. The molecular weight excluding hydrogens is 378 g/mol. The van der Waals surface area contributed by atoms with E-state index in [2.05, 4.69) is 29.4 Å². The lowest BCUT2D eigenvalue weighted by molar-refractivity contribution is -0.144. The van der Waals surface area contributed by atoms with Crippen molar-refractivity contribution in [1.29, 1.82) is 0 Å². The second kappa shape index (κ2) is 8.29. The molecule has 2 amide bonds. The molecule has 154 valence electrons. The second-order valence-corrected chi connectivity index (χ2v) is 8.85. The van der Waals surface area contributed by atoms with Gasteiger partial charge in [-0.3, -0.25) is 4.90 Å². The summed E-state index contributed by atoms with van der Waals surface area (Å²) in [4.78, 5) is 28.8. The Labute approximate surface area is 172 Å². The molecule has 2 aliphatic heterocycles. The Morgan fingerprint density at radius 1 is 1.21 bits per heavy atom. The first-order chi connectivity index (χ1) is 13.3. The van der Waals surface area contributed by atoms with E-state index in [0.717, 1.165) is 24.4 Å². The number of nitrogens with one attached hydrogen (secondary N) is 1. The molecule has 2 heterocycles. The Morgan fingerprint density at radius 2 is 1.82 bits per heavy atom. The summed E-state index contributed by atoms with van der Waals surface area (Å²) < 4.78 is 4.82. The Morgan fingerprint density at radius 3 is 2.32 bits per heavy atom. The predicted octanol–water partition coefficient (Wildman–Crippen LogP) is 3.32. The van der Waals surface area contributed by atoms with Crippen molar-refractivity contribution in [2.24, 2.45) is 11.3 Å². The van der Waals surface area contributed by atoms with E-state index >= 15 is 0 Å². The maximum absolute atomic E-state index is 12.7. The average Bonchev–Trinajstić information content (AvgIpc) is 2.67. The molecule has 0 bridgehead atoms. The first-order valence-electron chi connectivity index (χ1n) is 9.86. The van der Waals surface area contributed by atoms with Crippen LogP contribution in [0.3, 0.4) is 0 Å². The van der Waals surface area contributed by atoms with Gasteiger partial charge in [-0.25, -0.2) is 9.59 Å². The molecule has 0 aromatic heterocycles. The first-order valence-corrected chi connectivity index (χ1v) is 10.2. The quantitative estimate of drug-likeness (QED) is 0.778. The summed E-state index contributed by atoms with van der Waals surface area (Å²) in [6.07, 6.45) is 1.89. The molecule has 1 aromatic carbocycles. The molecule has 1 unspecified atom stereocenters. The molecule has 2 fully saturated rings. The van der Waals surface area contributed by atoms with Crippen LogP contribution in [-0.2, 0) is 9.53 Å². The van der Waals surface area contributed by atoms with Crippen molar-refractivity contribution in [1.82, 2.24) is 15.1 Å². The molecule has 2 atom stereocenters. The minimum atomic E-state index is -0.620. The standard InChI is InChI=1S/C21H30ClN3O3/c1-14(2)17(19(26)28-4)23-20(27)25-11-9-21(10-12-25)13-24(3)18(21)15-5-7-16(22)8-6-15/h5-8,14,17-18H,9-13H2,1-4H3,(H,23,27)/t17-,18?/m0/s1. The van der Waals surface area contributed by atoms with Crippen LogP contribution in [0.5, 0.6) is 0 Å². The van der Waals surface area contributed by atoms with Crippen molar-refractivity contribution in [2.45, 2.75) is 38.8 Å². The van der Waals surface area contributed by atoms with Crippen LogP contribution in [-0.4, -0.2) is 61.6 Å². The van der Waals surface area contributed by atoms with Crippen molar-refractivity contribution < 1.29 is 14.3 Å². The summed E-state index contributed by atoms with van der Waals surface area (Å²) in [5.41, 5.74) is 1.47. The monoisotopic (exact) mass is 407 g/mol. The van der Waals surface area contributed by atoms with E-state index in [1.54, 1.807) is 0 Å². The van der Waals surface area contributed by atoms with Crippen LogP contribution in [0.4, 0.5) is 4.79 Å². The van der Waals surface area contributed by atoms with E-state index in [1.807, 2.05) is 30.9 Å². The third-order valence-electron chi connectivity index (χ3n) is 6.22. The third kappa shape index (κ3) is 3.98. The van der Waals surface area contributed by atoms with Crippen molar-refractivity contribution in [2.75, 3.05) is 33.8 Å². The van der Waals surface area contributed by atoms with Crippen LogP contribution in [0.2, 0.25) is 5.02 Å². The van der Waals surface area contributed by atoms with Gasteiger partial charge < -0.3 is 15.0 Å². The number of hydrogen-bond donors (Lipinski definition) is 1. The SMILES string of the molecule is COC(=O)[C@@H](NC(=O)N1CCC2(CC1)CN(C)C2c1ccc(Cl)cc1)C(C)C. The first kappa shape index (κ1) is 20.9. The summed E-state index contributed by atoms with van der Waals surface area (Å²) in [5.74, 6) is -0.428. The van der Waals surface area contributed by atoms with Gasteiger partial charge in [0.25, 0.3) is 0 Å². The van der Waals surface area contributed by atoms with E-state index in [9.17, 15) is 9.59 Å². The summed E-state index contributed by atoms with van der Waals surface area (Å²) in [5, 5.41) is 3.59. The number of methoxy groups -OCH3 is 1. The number of benzene rings is 1. The molecule has 1 spiro atoms. The minimum absolute atomic E-state index is 0.0258. The number of carbonyl (C=O) groups is 2. The van der Waals surface area contributed by atoms with E-state index in [0.29, 0.717) is 19.1 Å². The number of nitrogens with zero attached hydrogens (tertiary/aromatic N) is 2. The van der Waals surface area contributed by atoms with Gasteiger partial charge in [0.2, 0.25) is 0 Å². The van der Waals surface area contributed by atoms with E-state index in [-0.39, 0.29) is 17.4 Å². The highest BCUT2D eigenvalue weighted by atomic mass is 35.5. The molecular formula is C21H30ClN3O3. The lowest BCUT2D eigenvalue weighted by atomic mass is 9.63. The molecule has 0 aliphatic carbocycles. The Kier molecular flexibility index (Phi) is 6.20. The zero-order valence-electron chi connectivity index (χ0n) is 17.1. The van der Waals surface area contributed by atoms with E-state index in [4.69, 9.17) is 16.3 Å². The van der Waals surface area contributed by atoms with E-state index < -0.39 is 12.0 Å². The molecule has 6 nitrogen and oxygen atoms in total. The fourth-order valence-electron chi connectivity index (χ4n) is 4.72. The smallest absolute Gasteiger partial charge is 0.328 e. The highest BCUT2D eigenvalue weighted by molar-refractivity contribution is 6.30. The highest BCUT2D eigenvalue weighted by Gasteiger charge is 2.52. The fourth-order valence-corrected chi connectivity index (χ4v) is 4.84. The summed E-state index contributed by atoms with van der Waals surface area (Å²) in [6, 6.07) is 7.64. The largest absolute Gasteiger partial charge is 0.467 e. The Bertz CT molecular complexity index is 714. The van der Waals surface area contributed by atoms with Crippen molar-refractivity contribution in [3.05, 3.63) is 34.9 Å². The number of likely N-dealkylation sites (tertiary alicyclic amines) is 2. The summed E-state index contributed by atoms with van der Waals surface area (Å²) >= 11 is 6.04. The number of esters is 1. The van der Waals surface area contributed by atoms with E-state index in [1.165, 1.54) is 12.7 Å². The molecule has 2 aliphatic rings. The normalized spacial score (nSPS) is 22.6. The number of urea groups is 1. The van der Waals surface area contributed by atoms with Crippen molar-refractivity contribution >= 4 is 23.6 Å². The van der Waals surface area contributed by atoms with Gasteiger partial charge in [0.1, 0.15) is 6.04 Å². The zero-order chi connectivity index (χ0) is 20.5. The number of hydrogen-bond acceptors (Lipinski definition) is 4. The molecule has 7 heteroatoms.